The van der Waals surface area contributed by atoms with Crippen molar-refractivity contribution >= 4 is 22.5 Å². The average molecular weight is 320 g/mol. The maximum Gasteiger partial charge on any atom is 0.271 e. The van der Waals surface area contributed by atoms with E-state index in [-0.39, 0.29) is 5.69 Å². The highest BCUT2D eigenvalue weighted by atomic mass is 16.1. The molecule has 5 heteroatoms. The number of benzene rings is 2. The number of aryl methyl sites for hydroxylation is 3. The molecule has 4 N–H and O–H groups in total. The molecule has 24 heavy (non-hydrogen) atoms. The Labute approximate surface area is 140 Å². The number of nitrogens with zero attached hydrogens (tertiary/aromatic N) is 2. The van der Waals surface area contributed by atoms with Crippen LogP contribution in [-0.4, -0.2) is 16.1 Å². The summed E-state index contributed by atoms with van der Waals surface area (Å²) in [5.41, 5.74) is 16.1. The minimum atomic E-state index is -0.660. The Balaban J connectivity index is 1.84. The van der Waals surface area contributed by atoms with E-state index >= 15 is 0 Å². The van der Waals surface area contributed by atoms with Crippen molar-refractivity contribution in [3.05, 3.63) is 64.8 Å². The summed E-state index contributed by atoms with van der Waals surface area (Å²) in [5.74, 6) is -0.660. The molecule has 0 fully saturated rings. The smallest absolute Gasteiger partial charge is 0.271 e. The number of hydrogen-bond acceptors (Lipinski definition) is 4. The van der Waals surface area contributed by atoms with Gasteiger partial charge in [0, 0.05) is 5.39 Å². The van der Waals surface area contributed by atoms with Crippen molar-refractivity contribution in [3.63, 3.8) is 0 Å². The lowest BCUT2D eigenvalue weighted by atomic mass is 9.99. The third-order valence-corrected chi connectivity index (χ3v) is 4.30. The summed E-state index contributed by atoms with van der Waals surface area (Å²) in [6.07, 6.45) is 2.88. The van der Waals surface area contributed by atoms with Crippen LogP contribution in [0.15, 0.2) is 42.5 Å². The summed E-state index contributed by atoms with van der Waals surface area (Å²) in [7, 11) is 0. The Bertz CT molecular complexity index is 905. The number of anilines is 1. The number of fused-ring (bicyclic) bond motifs is 1. The van der Waals surface area contributed by atoms with Crippen LogP contribution < -0.4 is 11.5 Å². The van der Waals surface area contributed by atoms with Crippen molar-refractivity contribution in [2.75, 3.05) is 5.73 Å². The fourth-order valence-corrected chi connectivity index (χ4v) is 2.95. The third kappa shape index (κ3) is 3.06. The predicted octanol–water partition coefficient (Wildman–Crippen LogP) is 2.79. The van der Waals surface area contributed by atoms with Crippen molar-refractivity contribution in [3.8, 4) is 0 Å². The number of hydrogen-bond donors (Lipinski definition) is 2. The molecule has 3 aromatic rings. The predicted molar refractivity (Wildman–Crippen MR) is 95.7 cm³/mol. The van der Waals surface area contributed by atoms with E-state index in [0.717, 1.165) is 35.7 Å². The van der Waals surface area contributed by atoms with E-state index in [1.54, 1.807) is 0 Å². The van der Waals surface area contributed by atoms with Crippen LogP contribution in [-0.2, 0) is 12.8 Å². The van der Waals surface area contributed by atoms with E-state index in [2.05, 4.69) is 41.4 Å². The van der Waals surface area contributed by atoms with Crippen molar-refractivity contribution in [1.29, 1.82) is 0 Å². The second-order valence-electron chi connectivity index (χ2n) is 5.92. The van der Waals surface area contributed by atoms with Gasteiger partial charge in [0.15, 0.2) is 5.69 Å². The molecule has 1 heterocycles. The summed E-state index contributed by atoms with van der Waals surface area (Å²) in [6, 6.07) is 14.2. The number of carbonyl (C=O) groups is 1. The summed E-state index contributed by atoms with van der Waals surface area (Å²) in [5, 5.41) is 8.80. The van der Waals surface area contributed by atoms with Crippen LogP contribution in [0.1, 0.15) is 33.6 Å². The van der Waals surface area contributed by atoms with Gasteiger partial charge >= 0.3 is 0 Å². The Morgan fingerprint density at radius 1 is 1.00 bits per heavy atom. The monoisotopic (exact) mass is 320 g/mol. The van der Waals surface area contributed by atoms with Crippen molar-refractivity contribution in [1.82, 2.24) is 10.2 Å². The Morgan fingerprint density at radius 3 is 2.46 bits per heavy atom. The van der Waals surface area contributed by atoms with Gasteiger partial charge in [-0.3, -0.25) is 4.79 Å². The van der Waals surface area contributed by atoms with Crippen LogP contribution in [0.4, 0.5) is 5.69 Å². The largest absolute Gasteiger partial charge is 0.396 e. The number of aromatic nitrogens is 2. The number of carbonyl (C=O) groups excluding carboxylic acids is 1. The highest BCUT2D eigenvalue weighted by Crippen LogP contribution is 2.25. The molecule has 0 radical (unpaired) electrons. The maximum atomic E-state index is 11.4. The summed E-state index contributed by atoms with van der Waals surface area (Å²) < 4.78 is 0. The SMILES string of the molecule is Cc1ccccc1CCCc1cccc2c(N)c(C(N)=O)nnc12. The molecular formula is C19H20N4O. The van der Waals surface area contributed by atoms with Gasteiger partial charge in [-0.2, -0.15) is 0 Å². The molecule has 5 nitrogen and oxygen atoms in total. The third-order valence-electron chi connectivity index (χ3n) is 4.30. The standard InChI is InChI=1S/C19H20N4O/c1-12-6-2-3-7-13(12)8-4-9-14-10-5-11-15-16(20)18(19(21)24)23-22-17(14)15/h2-3,5-7,10-11H,4,8-9H2,1H3,(H2,20,22)(H2,21,24). The van der Waals surface area contributed by atoms with Gasteiger partial charge in [0.05, 0.1) is 11.2 Å². The minimum absolute atomic E-state index is 0.0274. The van der Waals surface area contributed by atoms with Crippen LogP contribution in [0.25, 0.3) is 10.9 Å². The van der Waals surface area contributed by atoms with E-state index in [0.29, 0.717) is 5.69 Å². The van der Waals surface area contributed by atoms with Gasteiger partial charge in [-0.1, -0.05) is 42.5 Å². The first-order valence-corrected chi connectivity index (χ1v) is 7.96. The van der Waals surface area contributed by atoms with Gasteiger partial charge in [0.25, 0.3) is 5.91 Å². The molecule has 0 spiro atoms. The fourth-order valence-electron chi connectivity index (χ4n) is 2.95. The second kappa shape index (κ2) is 6.66. The molecular weight excluding hydrogens is 300 g/mol. The molecule has 0 saturated heterocycles. The van der Waals surface area contributed by atoms with E-state index in [9.17, 15) is 4.79 Å². The number of nitrogen functional groups attached to an aromatic ring is 1. The lowest BCUT2D eigenvalue weighted by Gasteiger charge is -2.09. The zero-order valence-electron chi connectivity index (χ0n) is 13.6. The Kier molecular flexibility index (Phi) is 4.42. The molecule has 0 aliphatic heterocycles. The second-order valence-corrected chi connectivity index (χ2v) is 5.92. The van der Waals surface area contributed by atoms with Crippen LogP contribution in [0.5, 0.6) is 0 Å². The number of nitrogens with two attached hydrogens (primary N) is 2. The first-order chi connectivity index (χ1) is 11.6. The topological polar surface area (TPSA) is 94.9 Å². The molecule has 3 rings (SSSR count). The molecule has 0 aliphatic rings. The number of rotatable bonds is 5. The Hall–Kier alpha value is -2.95. The molecule has 0 aliphatic carbocycles. The van der Waals surface area contributed by atoms with E-state index in [1.165, 1.54) is 11.1 Å². The number of amides is 1. The fraction of sp³-hybridized carbons (Fsp3) is 0.211. The number of primary amides is 1. The quantitative estimate of drug-likeness (QED) is 0.755. The Morgan fingerprint density at radius 2 is 1.71 bits per heavy atom. The summed E-state index contributed by atoms with van der Waals surface area (Å²) in [6.45, 7) is 2.13. The van der Waals surface area contributed by atoms with Gasteiger partial charge < -0.3 is 11.5 Å². The zero-order chi connectivity index (χ0) is 17.1. The molecule has 0 bridgehead atoms. The highest BCUT2D eigenvalue weighted by Gasteiger charge is 2.14. The average Bonchev–Trinajstić information content (AvgIpc) is 2.57. The minimum Gasteiger partial charge on any atom is -0.396 e. The van der Waals surface area contributed by atoms with Crippen molar-refractivity contribution < 1.29 is 4.79 Å². The van der Waals surface area contributed by atoms with Crippen LogP contribution >= 0.6 is 0 Å². The zero-order valence-corrected chi connectivity index (χ0v) is 13.6. The molecule has 0 unspecified atom stereocenters. The highest BCUT2D eigenvalue weighted by molar-refractivity contribution is 6.04. The summed E-state index contributed by atoms with van der Waals surface area (Å²) >= 11 is 0. The van der Waals surface area contributed by atoms with E-state index in [4.69, 9.17) is 11.5 Å². The van der Waals surface area contributed by atoms with Gasteiger partial charge in [-0.15, -0.1) is 10.2 Å². The van der Waals surface area contributed by atoms with Gasteiger partial charge in [0.2, 0.25) is 0 Å². The molecule has 2 aromatic carbocycles. The van der Waals surface area contributed by atoms with Crippen LogP contribution in [0, 0.1) is 6.92 Å². The summed E-state index contributed by atoms with van der Waals surface area (Å²) in [4.78, 5) is 11.4. The lowest BCUT2D eigenvalue weighted by molar-refractivity contribution is 0.0996. The van der Waals surface area contributed by atoms with Gasteiger partial charge in [0.1, 0.15) is 0 Å². The van der Waals surface area contributed by atoms with Crippen LogP contribution in [0.2, 0.25) is 0 Å². The van der Waals surface area contributed by atoms with Gasteiger partial charge in [-0.25, -0.2) is 0 Å². The van der Waals surface area contributed by atoms with Crippen molar-refractivity contribution in [2.24, 2.45) is 5.73 Å². The normalized spacial score (nSPS) is 10.9. The molecule has 0 atom stereocenters. The van der Waals surface area contributed by atoms with E-state index < -0.39 is 5.91 Å². The molecule has 1 aromatic heterocycles. The van der Waals surface area contributed by atoms with E-state index in [1.807, 2.05) is 18.2 Å². The molecule has 1 amide bonds. The first-order valence-electron chi connectivity index (χ1n) is 7.96. The van der Waals surface area contributed by atoms with Crippen LogP contribution in [0.3, 0.4) is 0 Å². The first kappa shape index (κ1) is 15.9. The lowest BCUT2D eigenvalue weighted by Crippen LogP contribution is -2.17. The van der Waals surface area contributed by atoms with Gasteiger partial charge in [-0.05, 0) is 42.9 Å². The molecule has 122 valence electrons. The molecule has 0 saturated carbocycles. The maximum absolute atomic E-state index is 11.4. The van der Waals surface area contributed by atoms with Crippen molar-refractivity contribution in [2.45, 2.75) is 26.2 Å².